The average molecular weight is 320 g/mol. The van der Waals surface area contributed by atoms with Crippen LogP contribution >= 0.6 is 0 Å². The van der Waals surface area contributed by atoms with Crippen molar-refractivity contribution in [3.8, 4) is 0 Å². The van der Waals surface area contributed by atoms with Gasteiger partial charge in [-0.3, -0.25) is 5.10 Å². The summed E-state index contributed by atoms with van der Waals surface area (Å²) >= 11 is 0. The summed E-state index contributed by atoms with van der Waals surface area (Å²) in [6, 6.07) is 0.457. The SMILES string of the molecule is CCOC(=O)N1CCC(NCc2n[nH]c3c2CCCCC3)CC1. The molecule has 0 radical (unpaired) electrons. The molecule has 128 valence electrons. The zero-order valence-electron chi connectivity index (χ0n) is 14.1. The number of likely N-dealkylation sites (tertiary alicyclic amines) is 1. The highest BCUT2D eigenvalue weighted by atomic mass is 16.6. The van der Waals surface area contributed by atoms with Crippen molar-refractivity contribution in [2.75, 3.05) is 19.7 Å². The fraction of sp³-hybridized carbons (Fsp3) is 0.765. The van der Waals surface area contributed by atoms with Gasteiger partial charge in [0.05, 0.1) is 12.3 Å². The maximum absolute atomic E-state index is 11.7. The minimum atomic E-state index is -0.177. The highest BCUT2D eigenvalue weighted by molar-refractivity contribution is 5.67. The van der Waals surface area contributed by atoms with Crippen LogP contribution in [0.5, 0.6) is 0 Å². The predicted octanol–water partition coefficient (Wildman–Crippen LogP) is 2.39. The normalized spacial score (nSPS) is 19.3. The van der Waals surface area contributed by atoms with Crippen LogP contribution in [0, 0.1) is 0 Å². The van der Waals surface area contributed by atoms with E-state index in [0.717, 1.165) is 45.3 Å². The van der Waals surface area contributed by atoms with Gasteiger partial charge < -0.3 is 15.0 Å². The average Bonchev–Trinajstić information content (AvgIpc) is 2.80. The van der Waals surface area contributed by atoms with Crippen molar-refractivity contribution in [2.45, 2.75) is 64.5 Å². The number of ether oxygens (including phenoxy) is 1. The lowest BCUT2D eigenvalue weighted by Crippen LogP contribution is -2.45. The number of aromatic nitrogens is 2. The first-order valence-electron chi connectivity index (χ1n) is 8.98. The number of carbonyl (C=O) groups is 1. The maximum atomic E-state index is 11.7. The second-order valence-corrected chi connectivity index (χ2v) is 6.53. The van der Waals surface area contributed by atoms with E-state index in [1.165, 1.54) is 36.2 Å². The van der Waals surface area contributed by atoms with E-state index < -0.39 is 0 Å². The van der Waals surface area contributed by atoms with Gasteiger partial charge in [-0.2, -0.15) is 5.10 Å². The molecule has 2 aliphatic rings. The summed E-state index contributed by atoms with van der Waals surface area (Å²) in [5.74, 6) is 0. The highest BCUT2D eigenvalue weighted by Gasteiger charge is 2.24. The van der Waals surface area contributed by atoms with Gasteiger partial charge in [-0.1, -0.05) is 6.42 Å². The van der Waals surface area contributed by atoms with E-state index in [0.29, 0.717) is 12.6 Å². The van der Waals surface area contributed by atoms with Gasteiger partial charge in [0.15, 0.2) is 0 Å². The summed E-state index contributed by atoms with van der Waals surface area (Å²) in [5.41, 5.74) is 3.98. The third-order valence-corrected chi connectivity index (χ3v) is 4.97. The molecule has 0 unspecified atom stereocenters. The van der Waals surface area contributed by atoms with Crippen LogP contribution in [-0.2, 0) is 24.1 Å². The standard InChI is InChI=1S/C17H28N4O2/c1-2-23-17(22)21-10-8-13(9-11-21)18-12-16-14-6-4-3-5-7-15(14)19-20-16/h13,18H,2-12H2,1H3,(H,19,20). The van der Waals surface area contributed by atoms with Crippen molar-refractivity contribution >= 4 is 6.09 Å². The van der Waals surface area contributed by atoms with Crippen molar-refractivity contribution in [3.63, 3.8) is 0 Å². The molecule has 1 aromatic rings. The van der Waals surface area contributed by atoms with Gasteiger partial charge in [0.2, 0.25) is 0 Å². The van der Waals surface area contributed by atoms with E-state index in [-0.39, 0.29) is 6.09 Å². The Hall–Kier alpha value is -1.56. The summed E-state index contributed by atoms with van der Waals surface area (Å²) in [7, 11) is 0. The number of carbonyl (C=O) groups excluding carboxylic acids is 1. The van der Waals surface area contributed by atoms with Gasteiger partial charge in [-0.25, -0.2) is 4.79 Å². The maximum Gasteiger partial charge on any atom is 0.409 e. The molecule has 6 nitrogen and oxygen atoms in total. The Morgan fingerprint density at radius 3 is 2.87 bits per heavy atom. The number of hydrogen-bond donors (Lipinski definition) is 2. The summed E-state index contributed by atoms with van der Waals surface area (Å²) < 4.78 is 5.06. The molecular formula is C17H28N4O2. The number of nitrogens with one attached hydrogen (secondary N) is 2. The summed E-state index contributed by atoms with van der Waals surface area (Å²) in [6.07, 6.45) is 7.94. The zero-order valence-corrected chi connectivity index (χ0v) is 14.1. The van der Waals surface area contributed by atoms with Crippen LogP contribution in [0.25, 0.3) is 0 Å². The molecule has 0 aromatic carbocycles. The van der Waals surface area contributed by atoms with Gasteiger partial charge in [0.1, 0.15) is 0 Å². The molecule has 2 heterocycles. The zero-order chi connectivity index (χ0) is 16.1. The van der Waals surface area contributed by atoms with Gasteiger partial charge in [0.25, 0.3) is 0 Å². The molecule has 1 aliphatic carbocycles. The van der Waals surface area contributed by atoms with Crippen LogP contribution in [0.15, 0.2) is 0 Å². The Balaban J connectivity index is 1.47. The van der Waals surface area contributed by atoms with Crippen LogP contribution in [0.1, 0.15) is 56.0 Å². The Kier molecular flexibility index (Phi) is 5.54. The van der Waals surface area contributed by atoms with E-state index in [1.807, 2.05) is 11.8 Å². The van der Waals surface area contributed by atoms with E-state index in [9.17, 15) is 4.79 Å². The molecule has 0 bridgehead atoms. The number of nitrogens with zero attached hydrogens (tertiary/aromatic N) is 2. The molecule has 1 amide bonds. The van der Waals surface area contributed by atoms with Crippen molar-refractivity contribution in [3.05, 3.63) is 17.0 Å². The summed E-state index contributed by atoms with van der Waals surface area (Å²) in [6.45, 7) is 4.67. The molecule has 6 heteroatoms. The molecule has 23 heavy (non-hydrogen) atoms. The third-order valence-electron chi connectivity index (χ3n) is 4.97. The summed E-state index contributed by atoms with van der Waals surface area (Å²) in [5, 5.41) is 11.4. The molecule has 0 saturated carbocycles. The Labute approximate surface area is 138 Å². The van der Waals surface area contributed by atoms with E-state index >= 15 is 0 Å². The number of fused-ring (bicyclic) bond motifs is 1. The van der Waals surface area contributed by atoms with Gasteiger partial charge >= 0.3 is 6.09 Å². The Morgan fingerprint density at radius 1 is 1.30 bits per heavy atom. The number of hydrogen-bond acceptors (Lipinski definition) is 4. The number of H-pyrrole nitrogens is 1. The largest absolute Gasteiger partial charge is 0.450 e. The number of piperidine rings is 1. The Morgan fingerprint density at radius 2 is 2.09 bits per heavy atom. The first-order valence-corrected chi connectivity index (χ1v) is 8.98. The molecule has 1 fully saturated rings. The second kappa shape index (κ2) is 7.81. The first kappa shape index (κ1) is 16.3. The molecule has 3 rings (SSSR count). The number of amides is 1. The highest BCUT2D eigenvalue weighted by Crippen LogP contribution is 2.22. The van der Waals surface area contributed by atoms with Crippen LogP contribution in [-0.4, -0.2) is 46.9 Å². The van der Waals surface area contributed by atoms with Crippen molar-refractivity contribution in [1.82, 2.24) is 20.4 Å². The fourth-order valence-electron chi connectivity index (χ4n) is 3.59. The number of aromatic amines is 1. The molecule has 1 saturated heterocycles. The predicted molar refractivity (Wildman–Crippen MR) is 88.3 cm³/mol. The monoisotopic (exact) mass is 320 g/mol. The lowest BCUT2D eigenvalue weighted by atomic mass is 10.0. The molecular weight excluding hydrogens is 292 g/mol. The van der Waals surface area contributed by atoms with Gasteiger partial charge in [-0.05, 0) is 51.0 Å². The fourth-order valence-corrected chi connectivity index (χ4v) is 3.59. The van der Waals surface area contributed by atoms with Crippen molar-refractivity contribution < 1.29 is 9.53 Å². The Bertz CT molecular complexity index is 521. The van der Waals surface area contributed by atoms with Crippen molar-refractivity contribution in [2.24, 2.45) is 0 Å². The molecule has 2 N–H and O–H groups in total. The number of rotatable bonds is 4. The minimum Gasteiger partial charge on any atom is -0.450 e. The van der Waals surface area contributed by atoms with Gasteiger partial charge in [0, 0.05) is 31.4 Å². The lowest BCUT2D eigenvalue weighted by molar-refractivity contribution is 0.0949. The molecule has 1 aliphatic heterocycles. The lowest BCUT2D eigenvalue weighted by Gasteiger charge is -2.31. The number of aryl methyl sites for hydroxylation is 1. The van der Waals surface area contributed by atoms with Crippen LogP contribution in [0.4, 0.5) is 4.79 Å². The van der Waals surface area contributed by atoms with E-state index in [1.54, 1.807) is 0 Å². The van der Waals surface area contributed by atoms with Crippen LogP contribution in [0.3, 0.4) is 0 Å². The van der Waals surface area contributed by atoms with Crippen LogP contribution in [0.2, 0.25) is 0 Å². The molecule has 0 atom stereocenters. The van der Waals surface area contributed by atoms with E-state index in [2.05, 4.69) is 15.5 Å². The van der Waals surface area contributed by atoms with Crippen LogP contribution < -0.4 is 5.32 Å². The minimum absolute atomic E-state index is 0.177. The van der Waals surface area contributed by atoms with Gasteiger partial charge in [-0.15, -0.1) is 0 Å². The molecule has 0 spiro atoms. The van der Waals surface area contributed by atoms with Crippen molar-refractivity contribution in [1.29, 1.82) is 0 Å². The summed E-state index contributed by atoms with van der Waals surface area (Å²) in [4.78, 5) is 13.5. The van der Waals surface area contributed by atoms with E-state index in [4.69, 9.17) is 4.74 Å². The smallest absolute Gasteiger partial charge is 0.409 e. The first-order chi connectivity index (χ1) is 11.3. The third kappa shape index (κ3) is 4.05. The molecule has 1 aromatic heterocycles. The quantitative estimate of drug-likeness (QED) is 0.836. The topological polar surface area (TPSA) is 70.2 Å². The second-order valence-electron chi connectivity index (χ2n) is 6.53.